The van der Waals surface area contributed by atoms with Gasteiger partial charge in [-0.3, -0.25) is 0 Å². The lowest BCUT2D eigenvalue weighted by molar-refractivity contribution is -0.134. The van der Waals surface area contributed by atoms with Gasteiger partial charge in [-0.2, -0.15) is 0 Å². The van der Waals surface area contributed by atoms with E-state index in [1.54, 1.807) is 0 Å². The summed E-state index contributed by atoms with van der Waals surface area (Å²) in [6.45, 7) is 6.20. The summed E-state index contributed by atoms with van der Waals surface area (Å²) in [7, 11) is 1.39. The van der Waals surface area contributed by atoms with Crippen LogP contribution in [0.5, 0.6) is 0 Å². The Hall–Kier alpha value is -2.35. The van der Waals surface area contributed by atoms with E-state index in [0.717, 1.165) is 12.0 Å². The first-order valence-corrected chi connectivity index (χ1v) is 7.41. The molecule has 0 saturated carbocycles. The van der Waals surface area contributed by atoms with Crippen LogP contribution in [0.1, 0.15) is 23.6 Å². The van der Waals surface area contributed by atoms with Gasteiger partial charge >= 0.3 is 5.97 Å². The summed E-state index contributed by atoms with van der Waals surface area (Å²) in [5.41, 5.74) is 7.23. The average molecular weight is 294 g/mol. The third-order valence-corrected chi connectivity index (χ3v) is 3.84. The van der Waals surface area contributed by atoms with E-state index in [-0.39, 0.29) is 5.97 Å². The Bertz CT molecular complexity index is 694. The minimum atomic E-state index is -0.302. The van der Waals surface area contributed by atoms with Gasteiger partial charge in [0, 0.05) is 6.08 Å². The van der Waals surface area contributed by atoms with Crippen molar-refractivity contribution in [2.24, 2.45) is 0 Å². The van der Waals surface area contributed by atoms with Crippen LogP contribution in [0.3, 0.4) is 0 Å². The monoisotopic (exact) mass is 294 g/mol. The van der Waals surface area contributed by atoms with Crippen molar-refractivity contribution in [3.05, 3.63) is 70.8 Å². The van der Waals surface area contributed by atoms with Crippen LogP contribution in [0.2, 0.25) is 0 Å². The van der Waals surface area contributed by atoms with Crippen LogP contribution in [0, 0.1) is 13.8 Å². The van der Waals surface area contributed by atoms with Crippen LogP contribution in [-0.4, -0.2) is 13.1 Å². The van der Waals surface area contributed by atoms with E-state index in [1.165, 1.54) is 41.0 Å². The van der Waals surface area contributed by atoms with Gasteiger partial charge in [-0.1, -0.05) is 48.0 Å². The number of hydrogen-bond donors (Lipinski definition) is 0. The summed E-state index contributed by atoms with van der Waals surface area (Å²) in [6.07, 6.45) is 2.29. The van der Waals surface area contributed by atoms with Crippen LogP contribution in [0.25, 0.3) is 11.1 Å². The Morgan fingerprint density at radius 1 is 1.00 bits per heavy atom. The Labute approximate surface area is 132 Å². The van der Waals surface area contributed by atoms with Crippen molar-refractivity contribution in [2.45, 2.75) is 27.2 Å². The highest BCUT2D eigenvalue weighted by Crippen LogP contribution is 2.23. The topological polar surface area (TPSA) is 26.3 Å². The molecular formula is C20H22O2. The molecule has 0 atom stereocenters. The summed E-state index contributed by atoms with van der Waals surface area (Å²) in [5.74, 6) is -0.302. The Balaban J connectivity index is 2.15. The van der Waals surface area contributed by atoms with E-state index in [1.807, 2.05) is 6.92 Å². The zero-order valence-corrected chi connectivity index (χ0v) is 13.6. The van der Waals surface area contributed by atoms with Crippen LogP contribution in [0.4, 0.5) is 0 Å². The van der Waals surface area contributed by atoms with Crippen LogP contribution < -0.4 is 0 Å². The number of rotatable bonds is 4. The van der Waals surface area contributed by atoms with Crippen LogP contribution in [-0.2, 0) is 16.0 Å². The molecule has 0 aromatic heterocycles. The molecule has 0 saturated heterocycles. The molecule has 114 valence electrons. The molecule has 22 heavy (non-hydrogen) atoms. The van der Waals surface area contributed by atoms with Gasteiger partial charge in [0.2, 0.25) is 0 Å². The number of esters is 1. The first-order valence-electron chi connectivity index (χ1n) is 7.41. The highest BCUT2D eigenvalue weighted by Gasteiger charge is 2.02. The normalized spacial score (nSPS) is 11.4. The molecule has 0 aliphatic rings. The smallest absolute Gasteiger partial charge is 0.330 e. The predicted octanol–water partition coefficient (Wildman–Crippen LogP) is 4.63. The molecular weight excluding hydrogens is 272 g/mol. The van der Waals surface area contributed by atoms with E-state index >= 15 is 0 Å². The van der Waals surface area contributed by atoms with Crippen molar-refractivity contribution in [1.82, 2.24) is 0 Å². The molecule has 0 N–H and O–H groups in total. The Morgan fingerprint density at radius 3 is 2.23 bits per heavy atom. The largest absolute Gasteiger partial charge is 0.466 e. The maximum absolute atomic E-state index is 11.2. The molecule has 0 aliphatic carbocycles. The molecule has 0 bridgehead atoms. The number of allylic oxidation sites excluding steroid dienone is 1. The average Bonchev–Trinajstić information content (AvgIpc) is 2.50. The van der Waals surface area contributed by atoms with Gasteiger partial charge in [0.05, 0.1) is 7.11 Å². The van der Waals surface area contributed by atoms with Crippen molar-refractivity contribution in [2.75, 3.05) is 7.11 Å². The molecule has 2 heteroatoms. The minimum absolute atomic E-state index is 0.302. The summed E-state index contributed by atoms with van der Waals surface area (Å²) >= 11 is 0. The van der Waals surface area contributed by atoms with Crippen molar-refractivity contribution in [3.63, 3.8) is 0 Å². The second kappa shape index (κ2) is 7.08. The zero-order chi connectivity index (χ0) is 16.1. The van der Waals surface area contributed by atoms with E-state index in [2.05, 4.69) is 61.0 Å². The summed E-state index contributed by atoms with van der Waals surface area (Å²) < 4.78 is 4.64. The van der Waals surface area contributed by atoms with E-state index in [9.17, 15) is 4.79 Å². The van der Waals surface area contributed by atoms with Gasteiger partial charge < -0.3 is 4.74 Å². The first-order chi connectivity index (χ1) is 10.5. The van der Waals surface area contributed by atoms with Gasteiger partial charge in [-0.05, 0) is 55.0 Å². The van der Waals surface area contributed by atoms with Gasteiger partial charge in [0.25, 0.3) is 0 Å². The SMILES string of the molecule is COC(=O)/C=C(\C)Cc1ccc(-c2ccc(C)c(C)c2)cc1. The lowest BCUT2D eigenvalue weighted by atomic mass is 9.98. The Kier molecular flexibility index (Phi) is 5.16. The molecule has 2 rings (SSSR count). The first kappa shape index (κ1) is 16.0. The predicted molar refractivity (Wildman–Crippen MR) is 90.8 cm³/mol. The molecule has 0 unspecified atom stereocenters. The minimum Gasteiger partial charge on any atom is -0.466 e. The lowest BCUT2D eigenvalue weighted by Crippen LogP contribution is -1.97. The maximum Gasteiger partial charge on any atom is 0.330 e. The fourth-order valence-corrected chi connectivity index (χ4v) is 2.37. The maximum atomic E-state index is 11.2. The van der Waals surface area contributed by atoms with Crippen molar-refractivity contribution < 1.29 is 9.53 Å². The lowest BCUT2D eigenvalue weighted by Gasteiger charge is -2.07. The molecule has 0 spiro atoms. The molecule has 2 aromatic rings. The van der Waals surface area contributed by atoms with Crippen molar-refractivity contribution in [3.8, 4) is 11.1 Å². The van der Waals surface area contributed by atoms with Gasteiger partial charge in [-0.15, -0.1) is 0 Å². The third-order valence-electron chi connectivity index (χ3n) is 3.84. The number of aryl methyl sites for hydroxylation is 2. The number of carbonyl (C=O) groups is 1. The highest BCUT2D eigenvalue weighted by molar-refractivity contribution is 5.82. The summed E-state index contributed by atoms with van der Waals surface area (Å²) in [6, 6.07) is 15.0. The molecule has 0 fully saturated rings. The van der Waals surface area contributed by atoms with Crippen molar-refractivity contribution >= 4 is 5.97 Å². The Morgan fingerprint density at radius 2 is 1.64 bits per heavy atom. The highest BCUT2D eigenvalue weighted by atomic mass is 16.5. The van der Waals surface area contributed by atoms with Crippen molar-refractivity contribution in [1.29, 1.82) is 0 Å². The fraction of sp³-hybridized carbons (Fsp3) is 0.250. The third kappa shape index (κ3) is 4.08. The van der Waals surface area contributed by atoms with E-state index < -0.39 is 0 Å². The number of carbonyl (C=O) groups excluding carboxylic acids is 1. The molecule has 0 aliphatic heterocycles. The van der Waals surface area contributed by atoms with Gasteiger partial charge in [0.1, 0.15) is 0 Å². The van der Waals surface area contributed by atoms with E-state index in [0.29, 0.717) is 0 Å². The fourth-order valence-electron chi connectivity index (χ4n) is 2.37. The van der Waals surface area contributed by atoms with Gasteiger partial charge in [0.15, 0.2) is 0 Å². The molecule has 0 radical (unpaired) electrons. The number of hydrogen-bond acceptors (Lipinski definition) is 2. The number of benzene rings is 2. The standard InChI is InChI=1S/C20H22O2/c1-14(12-20(21)22-4)11-17-6-9-18(10-7-17)19-8-5-15(2)16(3)13-19/h5-10,12-13H,11H2,1-4H3/b14-12+. The molecule has 2 nitrogen and oxygen atoms in total. The zero-order valence-electron chi connectivity index (χ0n) is 13.6. The summed E-state index contributed by atoms with van der Waals surface area (Å²) in [5, 5.41) is 0. The second-order valence-electron chi connectivity index (χ2n) is 5.69. The molecule has 0 heterocycles. The van der Waals surface area contributed by atoms with Crippen LogP contribution >= 0.6 is 0 Å². The number of methoxy groups -OCH3 is 1. The van der Waals surface area contributed by atoms with E-state index in [4.69, 9.17) is 0 Å². The second-order valence-corrected chi connectivity index (χ2v) is 5.69. The summed E-state index contributed by atoms with van der Waals surface area (Å²) in [4.78, 5) is 11.2. The molecule has 0 amide bonds. The number of ether oxygens (including phenoxy) is 1. The van der Waals surface area contributed by atoms with Gasteiger partial charge in [-0.25, -0.2) is 4.79 Å². The quantitative estimate of drug-likeness (QED) is 0.607. The van der Waals surface area contributed by atoms with Crippen LogP contribution in [0.15, 0.2) is 54.1 Å². The molecule has 2 aromatic carbocycles.